The van der Waals surface area contributed by atoms with E-state index in [1.807, 2.05) is 36.4 Å². The van der Waals surface area contributed by atoms with Crippen molar-refractivity contribution in [1.29, 1.82) is 0 Å². The highest BCUT2D eigenvalue weighted by atomic mass is 35.5. The molecule has 1 aromatic carbocycles. The number of halogens is 1. The van der Waals surface area contributed by atoms with Crippen LogP contribution >= 0.6 is 23.8 Å². The van der Waals surface area contributed by atoms with E-state index in [9.17, 15) is 0 Å². The molecule has 0 radical (unpaired) electrons. The Hall–Kier alpha value is -1.59. The van der Waals surface area contributed by atoms with Gasteiger partial charge < -0.3 is 5.43 Å². The van der Waals surface area contributed by atoms with Gasteiger partial charge in [0.2, 0.25) is 4.77 Å². The van der Waals surface area contributed by atoms with Gasteiger partial charge in [-0.1, -0.05) is 35.9 Å². The van der Waals surface area contributed by atoms with Crippen molar-refractivity contribution in [3.63, 3.8) is 0 Å². The molecule has 0 saturated heterocycles. The minimum Gasteiger partial charge on any atom is -0.319 e. The molecular formula is C11H11ClN4S. The first-order valence-electron chi connectivity index (χ1n) is 5.04. The number of aromatic amines is 1. The Morgan fingerprint density at radius 3 is 2.82 bits per heavy atom. The Morgan fingerprint density at radius 2 is 2.18 bits per heavy atom. The Morgan fingerprint density at radius 1 is 1.41 bits per heavy atom. The summed E-state index contributed by atoms with van der Waals surface area (Å²) < 4.78 is 2.20. The minimum absolute atomic E-state index is 0.546. The Labute approximate surface area is 109 Å². The fourth-order valence-electron chi connectivity index (χ4n) is 1.28. The first-order valence-corrected chi connectivity index (χ1v) is 5.82. The third-order valence-electron chi connectivity index (χ3n) is 2.11. The Bertz CT molecular complexity index is 555. The molecule has 0 unspecified atom stereocenters. The highest BCUT2D eigenvalue weighted by Crippen LogP contribution is 2.10. The average Bonchev–Trinajstić information content (AvgIpc) is 2.73. The van der Waals surface area contributed by atoms with E-state index >= 15 is 0 Å². The molecule has 88 valence electrons. The summed E-state index contributed by atoms with van der Waals surface area (Å²) in [6.45, 7) is 0.663. The van der Waals surface area contributed by atoms with Crippen LogP contribution in [-0.2, 0) is 0 Å². The van der Waals surface area contributed by atoms with Crippen LogP contribution in [0.5, 0.6) is 0 Å². The van der Waals surface area contributed by atoms with Crippen molar-refractivity contribution in [2.75, 3.05) is 12.0 Å². The number of rotatable bonds is 4. The first-order chi connectivity index (χ1) is 8.25. The molecule has 0 bridgehead atoms. The van der Waals surface area contributed by atoms with Gasteiger partial charge >= 0.3 is 0 Å². The summed E-state index contributed by atoms with van der Waals surface area (Å²) in [4.78, 5) is 0. The molecule has 2 rings (SSSR count). The van der Waals surface area contributed by atoms with E-state index < -0.39 is 0 Å². The molecule has 0 amide bonds. The number of hydrogen-bond donors (Lipinski definition) is 2. The van der Waals surface area contributed by atoms with Gasteiger partial charge in [-0.2, -0.15) is 5.10 Å². The second kappa shape index (κ2) is 5.65. The summed E-state index contributed by atoms with van der Waals surface area (Å²) in [6, 6.07) is 7.65. The summed E-state index contributed by atoms with van der Waals surface area (Å²) in [7, 11) is 0. The van der Waals surface area contributed by atoms with Gasteiger partial charge in [-0.3, -0.25) is 5.10 Å². The van der Waals surface area contributed by atoms with Crippen LogP contribution in [0.3, 0.4) is 0 Å². The standard InChI is InChI=1S/C11H11ClN4S/c12-10-5-3-9(4-6-10)2-1-7-14-16-8-13-15-11(16)17/h1-6,8,14H,7H2,(H,15,17). The zero-order valence-corrected chi connectivity index (χ0v) is 10.5. The molecule has 2 N–H and O–H groups in total. The number of nitrogens with zero attached hydrogens (tertiary/aromatic N) is 2. The lowest BCUT2D eigenvalue weighted by Crippen LogP contribution is -2.13. The minimum atomic E-state index is 0.546. The van der Waals surface area contributed by atoms with Gasteiger partial charge in [0.05, 0.1) is 0 Å². The van der Waals surface area contributed by atoms with Crippen molar-refractivity contribution in [2.45, 2.75) is 0 Å². The molecule has 0 saturated carbocycles. The van der Waals surface area contributed by atoms with Crippen molar-refractivity contribution in [3.8, 4) is 0 Å². The lowest BCUT2D eigenvalue weighted by Gasteiger charge is -2.01. The monoisotopic (exact) mass is 266 g/mol. The second-order valence-corrected chi connectivity index (χ2v) is 4.17. The molecule has 2 aromatic rings. The Balaban J connectivity index is 1.88. The zero-order chi connectivity index (χ0) is 12.1. The maximum atomic E-state index is 5.80. The lowest BCUT2D eigenvalue weighted by molar-refractivity contribution is 0.871. The lowest BCUT2D eigenvalue weighted by atomic mass is 10.2. The third kappa shape index (κ3) is 3.44. The van der Waals surface area contributed by atoms with Crippen molar-refractivity contribution in [1.82, 2.24) is 14.9 Å². The number of nitrogens with one attached hydrogen (secondary N) is 2. The van der Waals surface area contributed by atoms with Crippen LogP contribution < -0.4 is 5.43 Å². The van der Waals surface area contributed by atoms with E-state index in [0.717, 1.165) is 10.6 Å². The third-order valence-corrected chi connectivity index (χ3v) is 2.65. The van der Waals surface area contributed by atoms with Crippen LogP contribution in [0.4, 0.5) is 0 Å². The average molecular weight is 267 g/mol. The maximum absolute atomic E-state index is 5.80. The smallest absolute Gasteiger partial charge is 0.214 e. The fraction of sp³-hybridized carbons (Fsp3) is 0.0909. The van der Waals surface area contributed by atoms with E-state index in [4.69, 9.17) is 23.8 Å². The van der Waals surface area contributed by atoms with Crippen LogP contribution in [0.2, 0.25) is 5.02 Å². The van der Waals surface area contributed by atoms with Gasteiger partial charge in [0.25, 0.3) is 0 Å². The molecule has 17 heavy (non-hydrogen) atoms. The molecule has 1 heterocycles. The van der Waals surface area contributed by atoms with Crippen LogP contribution in [0.15, 0.2) is 36.7 Å². The van der Waals surface area contributed by atoms with Crippen LogP contribution in [0.25, 0.3) is 6.08 Å². The van der Waals surface area contributed by atoms with E-state index in [-0.39, 0.29) is 0 Å². The SMILES string of the molecule is S=c1[nH]ncn1NCC=Cc1ccc(Cl)cc1. The molecule has 0 aliphatic rings. The maximum Gasteiger partial charge on any atom is 0.214 e. The largest absolute Gasteiger partial charge is 0.319 e. The molecule has 6 heteroatoms. The van der Waals surface area contributed by atoms with E-state index in [1.165, 1.54) is 0 Å². The van der Waals surface area contributed by atoms with Crippen molar-refractivity contribution in [3.05, 3.63) is 52.0 Å². The molecule has 0 aliphatic heterocycles. The molecule has 4 nitrogen and oxygen atoms in total. The van der Waals surface area contributed by atoms with E-state index in [2.05, 4.69) is 15.6 Å². The topological polar surface area (TPSA) is 45.6 Å². The number of benzene rings is 1. The van der Waals surface area contributed by atoms with Gasteiger partial charge in [-0.15, -0.1) is 0 Å². The number of aromatic nitrogens is 3. The van der Waals surface area contributed by atoms with Crippen LogP contribution in [-0.4, -0.2) is 21.4 Å². The molecule has 0 spiro atoms. The second-order valence-electron chi connectivity index (χ2n) is 3.35. The summed E-state index contributed by atoms with van der Waals surface area (Å²) in [5, 5.41) is 7.20. The zero-order valence-electron chi connectivity index (χ0n) is 8.93. The van der Waals surface area contributed by atoms with E-state index in [0.29, 0.717) is 11.3 Å². The van der Waals surface area contributed by atoms with E-state index in [1.54, 1.807) is 11.0 Å². The van der Waals surface area contributed by atoms with Crippen molar-refractivity contribution in [2.24, 2.45) is 0 Å². The molecule has 0 atom stereocenters. The van der Waals surface area contributed by atoms with Gasteiger partial charge in [0, 0.05) is 11.6 Å². The molecule has 1 aromatic heterocycles. The molecule has 0 aliphatic carbocycles. The number of hydrogen-bond acceptors (Lipinski definition) is 3. The summed E-state index contributed by atoms with van der Waals surface area (Å²) >= 11 is 10.8. The highest BCUT2D eigenvalue weighted by molar-refractivity contribution is 7.71. The molecular weight excluding hydrogens is 256 g/mol. The highest BCUT2D eigenvalue weighted by Gasteiger charge is 1.90. The van der Waals surface area contributed by atoms with Gasteiger partial charge in [-0.05, 0) is 29.9 Å². The first kappa shape index (κ1) is 11.9. The van der Waals surface area contributed by atoms with Crippen molar-refractivity contribution < 1.29 is 0 Å². The summed E-state index contributed by atoms with van der Waals surface area (Å²) in [6.07, 6.45) is 5.60. The van der Waals surface area contributed by atoms with Crippen LogP contribution in [0.1, 0.15) is 5.56 Å². The predicted molar refractivity (Wildman–Crippen MR) is 72.1 cm³/mol. The molecule has 0 fully saturated rings. The van der Waals surface area contributed by atoms with Crippen molar-refractivity contribution >= 4 is 29.9 Å². The van der Waals surface area contributed by atoms with Gasteiger partial charge in [-0.25, -0.2) is 4.68 Å². The predicted octanol–water partition coefficient (Wildman–Crippen LogP) is 2.85. The summed E-state index contributed by atoms with van der Waals surface area (Å²) in [5.74, 6) is 0. The van der Waals surface area contributed by atoms with Gasteiger partial charge in [0.1, 0.15) is 6.33 Å². The number of H-pyrrole nitrogens is 1. The van der Waals surface area contributed by atoms with Crippen LogP contribution in [0, 0.1) is 4.77 Å². The normalized spacial score (nSPS) is 10.9. The fourth-order valence-corrected chi connectivity index (χ4v) is 1.57. The quantitative estimate of drug-likeness (QED) is 0.837. The van der Waals surface area contributed by atoms with Gasteiger partial charge in [0.15, 0.2) is 0 Å². The summed E-state index contributed by atoms with van der Waals surface area (Å²) in [5.41, 5.74) is 4.18. The Kier molecular flexibility index (Phi) is 3.95.